The normalized spacial score (nSPS) is 18.0. The molecule has 4 nitrogen and oxygen atoms in total. The predicted octanol–water partition coefficient (Wildman–Crippen LogP) is 3.72. The molecule has 1 aromatic carbocycles. The lowest BCUT2D eigenvalue weighted by Crippen LogP contribution is -2.44. The Morgan fingerprint density at radius 1 is 1.15 bits per heavy atom. The van der Waals surface area contributed by atoms with Crippen LogP contribution in [0.3, 0.4) is 0 Å². The smallest absolute Gasteiger partial charge is 0.228 e. The van der Waals surface area contributed by atoms with Gasteiger partial charge in [0.15, 0.2) is 0 Å². The van der Waals surface area contributed by atoms with Crippen LogP contribution in [-0.2, 0) is 17.6 Å². The molecule has 0 aliphatic carbocycles. The summed E-state index contributed by atoms with van der Waals surface area (Å²) in [5.41, 5.74) is 2.64. The Morgan fingerprint density at radius 3 is 2.56 bits per heavy atom. The molecular formula is C20H27Cl2N3OS. The number of aromatic nitrogens is 1. The van der Waals surface area contributed by atoms with Crippen LogP contribution in [0.4, 0.5) is 0 Å². The molecule has 1 aromatic heterocycles. The van der Waals surface area contributed by atoms with Gasteiger partial charge in [0.1, 0.15) is 0 Å². The fraction of sp³-hybridized carbons (Fsp3) is 0.500. The highest BCUT2D eigenvalue weighted by Crippen LogP contribution is 2.37. The van der Waals surface area contributed by atoms with E-state index in [1.165, 1.54) is 12.0 Å². The second-order valence-electron chi connectivity index (χ2n) is 7.38. The highest BCUT2D eigenvalue weighted by atomic mass is 35.5. The molecule has 3 heterocycles. The lowest BCUT2D eigenvalue weighted by atomic mass is 9.78. The van der Waals surface area contributed by atoms with E-state index in [1.807, 2.05) is 16.3 Å². The number of carbonyl (C=O) groups excluding carboxylic acids is 1. The second-order valence-corrected chi connectivity index (χ2v) is 8.32. The van der Waals surface area contributed by atoms with Crippen molar-refractivity contribution < 1.29 is 4.79 Å². The highest BCUT2D eigenvalue weighted by Gasteiger charge is 2.37. The van der Waals surface area contributed by atoms with Gasteiger partial charge in [-0.2, -0.15) is 0 Å². The first kappa shape index (κ1) is 22.2. The number of nitrogens with one attached hydrogen (secondary N) is 1. The van der Waals surface area contributed by atoms with Gasteiger partial charge >= 0.3 is 0 Å². The zero-order valence-corrected chi connectivity index (χ0v) is 17.8. The van der Waals surface area contributed by atoms with E-state index < -0.39 is 0 Å². The molecule has 2 aliphatic heterocycles. The Balaban J connectivity index is 0.00000131. The van der Waals surface area contributed by atoms with Crippen LogP contribution in [0.25, 0.3) is 0 Å². The molecule has 0 unspecified atom stereocenters. The first-order valence-electron chi connectivity index (χ1n) is 9.18. The second kappa shape index (κ2) is 9.87. The van der Waals surface area contributed by atoms with E-state index >= 15 is 0 Å². The van der Waals surface area contributed by atoms with Gasteiger partial charge in [-0.25, -0.2) is 4.98 Å². The number of rotatable bonds is 4. The molecule has 2 fully saturated rings. The molecule has 2 aliphatic rings. The maximum Gasteiger partial charge on any atom is 0.228 e. The summed E-state index contributed by atoms with van der Waals surface area (Å²) in [5.74, 6) is 0.234. The fourth-order valence-corrected chi connectivity index (χ4v) is 4.83. The average Bonchev–Trinajstić information content (AvgIpc) is 3.26. The zero-order chi connectivity index (χ0) is 17.1. The average molecular weight is 428 g/mol. The summed E-state index contributed by atoms with van der Waals surface area (Å²) in [6, 6.07) is 10.4. The largest absolute Gasteiger partial charge is 0.342 e. The number of amides is 1. The van der Waals surface area contributed by atoms with Gasteiger partial charge in [-0.3, -0.25) is 4.79 Å². The summed E-state index contributed by atoms with van der Waals surface area (Å²) in [7, 11) is 0. The minimum Gasteiger partial charge on any atom is -0.342 e. The Morgan fingerprint density at radius 2 is 1.89 bits per heavy atom. The summed E-state index contributed by atoms with van der Waals surface area (Å²) in [6.45, 7) is 4.07. The third-order valence-electron chi connectivity index (χ3n) is 5.64. The van der Waals surface area contributed by atoms with Crippen LogP contribution in [0.5, 0.6) is 0 Å². The minimum absolute atomic E-state index is 0. The number of likely N-dealkylation sites (tertiary alicyclic amines) is 1. The monoisotopic (exact) mass is 427 g/mol. The number of thiazole rings is 1. The van der Waals surface area contributed by atoms with Crippen molar-refractivity contribution in [1.82, 2.24) is 15.2 Å². The maximum absolute atomic E-state index is 12.6. The van der Waals surface area contributed by atoms with Gasteiger partial charge in [0.25, 0.3) is 0 Å². The van der Waals surface area contributed by atoms with Gasteiger partial charge < -0.3 is 10.2 Å². The SMILES string of the molecule is Cl.Cl.O=C(Cc1csc(Cc2ccccc2)n1)N1CCC2(CCNC2)CC1. The summed E-state index contributed by atoms with van der Waals surface area (Å²) >= 11 is 1.66. The molecule has 0 atom stereocenters. The van der Waals surface area contributed by atoms with Crippen LogP contribution in [-0.4, -0.2) is 42.0 Å². The van der Waals surface area contributed by atoms with E-state index in [2.05, 4.69) is 34.6 Å². The molecular weight excluding hydrogens is 401 g/mol. The van der Waals surface area contributed by atoms with Crippen molar-refractivity contribution in [2.75, 3.05) is 26.2 Å². The van der Waals surface area contributed by atoms with Crippen molar-refractivity contribution in [3.63, 3.8) is 0 Å². The van der Waals surface area contributed by atoms with E-state index in [9.17, 15) is 4.79 Å². The van der Waals surface area contributed by atoms with Crippen molar-refractivity contribution >= 4 is 42.1 Å². The van der Waals surface area contributed by atoms with Gasteiger partial charge in [-0.1, -0.05) is 30.3 Å². The van der Waals surface area contributed by atoms with Crippen LogP contribution in [0.2, 0.25) is 0 Å². The lowest BCUT2D eigenvalue weighted by Gasteiger charge is -2.38. The van der Waals surface area contributed by atoms with Gasteiger partial charge in [0.2, 0.25) is 5.91 Å². The van der Waals surface area contributed by atoms with Crippen LogP contribution in [0.1, 0.15) is 35.5 Å². The van der Waals surface area contributed by atoms with Crippen molar-refractivity contribution in [1.29, 1.82) is 0 Å². The van der Waals surface area contributed by atoms with E-state index in [0.717, 1.165) is 56.1 Å². The number of hydrogen-bond acceptors (Lipinski definition) is 4. The van der Waals surface area contributed by atoms with Crippen molar-refractivity contribution in [2.24, 2.45) is 5.41 Å². The molecule has 0 radical (unpaired) electrons. The maximum atomic E-state index is 12.6. The molecule has 7 heteroatoms. The first-order chi connectivity index (χ1) is 12.2. The lowest BCUT2D eigenvalue weighted by molar-refractivity contribution is -0.132. The molecule has 1 amide bonds. The summed E-state index contributed by atoms with van der Waals surface area (Å²) < 4.78 is 0. The highest BCUT2D eigenvalue weighted by molar-refractivity contribution is 7.09. The van der Waals surface area contributed by atoms with E-state index in [1.54, 1.807) is 11.3 Å². The molecule has 27 heavy (non-hydrogen) atoms. The van der Waals surface area contributed by atoms with Crippen molar-refractivity contribution in [3.8, 4) is 0 Å². The number of benzene rings is 1. The molecule has 1 N–H and O–H groups in total. The first-order valence-corrected chi connectivity index (χ1v) is 10.1. The van der Waals surface area contributed by atoms with Crippen LogP contribution >= 0.6 is 36.2 Å². The van der Waals surface area contributed by atoms with E-state index in [-0.39, 0.29) is 30.7 Å². The third kappa shape index (κ3) is 5.44. The van der Waals surface area contributed by atoms with E-state index in [4.69, 9.17) is 0 Å². The Bertz CT molecular complexity index is 722. The van der Waals surface area contributed by atoms with Crippen molar-refractivity contribution in [3.05, 3.63) is 52.0 Å². The number of piperidine rings is 1. The van der Waals surface area contributed by atoms with Crippen LogP contribution in [0, 0.1) is 5.41 Å². The quantitative estimate of drug-likeness (QED) is 0.808. The summed E-state index contributed by atoms with van der Waals surface area (Å²) in [5, 5.41) is 6.61. The Kier molecular flexibility index (Phi) is 8.10. The van der Waals surface area contributed by atoms with Gasteiger partial charge in [0.05, 0.1) is 17.1 Å². The molecule has 4 rings (SSSR count). The Hall–Kier alpha value is -1.14. The summed E-state index contributed by atoms with van der Waals surface area (Å²) in [4.78, 5) is 19.3. The number of halogens is 2. The van der Waals surface area contributed by atoms with Crippen LogP contribution < -0.4 is 5.32 Å². The van der Waals surface area contributed by atoms with Crippen molar-refractivity contribution in [2.45, 2.75) is 32.1 Å². The molecule has 0 saturated carbocycles. The number of carbonyl (C=O) groups is 1. The Labute approximate surface area is 177 Å². The van der Waals surface area contributed by atoms with Gasteiger partial charge in [0, 0.05) is 31.4 Å². The zero-order valence-electron chi connectivity index (χ0n) is 15.4. The number of hydrogen-bond donors (Lipinski definition) is 1. The molecule has 2 aromatic rings. The molecule has 148 valence electrons. The standard InChI is InChI=1S/C20H25N3OS.2ClH/c24-19(23-10-7-20(8-11-23)6-9-21-15-20)13-17-14-25-18(22-17)12-16-4-2-1-3-5-16;;/h1-5,14,21H,6-13,15H2;2*1H. The third-order valence-corrected chi connectivity index (χ3v) is 6.54. The molecule has 1 spiro atoms. The fourth-order valence-electron chi connectivity index (χ4n) is 4.00. The molecule has 0 bridgehead atoms. The summed E-state index contributed by atoms with van der Waals surface area (Å²) in [6.07, 6.45) is 4.84. The predicted molar refractivity (Wildman–Crippen MR) is 115 cm³/mol. The number of nitrogens with zero attached hydrogens (tertiary/aromatic N) is 2. The topological polar surface area (TPSA) is 45.2 Å². The minimum atomic E-state index is 0. The van der Waals surface area contributed by atoms with Gasteiger partial charge in [-0.05, 0) is 36.8 Å². The van der Waals surface area contributed by atoms with Gasteiger partial charge in [-0.15, -0.1) is 36.2 Å². The molecule has 2 saturated heterocycles. The van der Waals surface area contributed by atoms with E-state index in [0.29, 0.717) is 11.8 Å². The van der Waals surface area contributed by atoms with Crippen LogP contribution in [0.15, 0.2) is 35.7 Å².